The van der Waals surface area contributed by atoms with E-state index in [9.17, 15) is 35.9 Å². The van der Waals surface area contributed by atoms with Crippen LogP contribution in [0.3, 0.4) is 0 Å². The molecule has 4 heterocycles. The number of benzene rings is 1. The number of allylic oxidation sites excluding steroid dienone is 2. The molecule has 0 bridgehead atoms. The molecule has 0 spiro atoms. The van der Waals surface area contributed by atoms with Crippen molar-refractivity contribution in [2.45, 2.75) is 39.5 Å². The zero-order valence-electron chi connectivity index (χ0n) is 28.2. The fraction of sp³-hybridized carbons (Fsp3) is 0.333. The van der Waals surface area contributed by atoms with Gasteiger partial charge in [0.15, 0.2) is 0 Å². The van der Waals surface area contributed by atoms with Gasteiger partial charge in [0.2, 0.25) is 12.3 Å². The Bertz CT molecular complexity index is 1810. The Morgan fingerprint density at radius 2 is 1.74 bits per heavy atom. The van der Waals surface area contributed by atoms with Crippen LogP contribution in [0.1, 0.15) is 25.8 Å². The number of hydrazone groups is 1. The lowest BCUT2D eigenvalue weighted by Gasteiger charge is -2.28. The van der Waals surface area contributed by atoms with Crippen LogP contribution in [0, 0.1) is 6.92 Å². The number of anilines is 3. The lowest BCUT2D eigenvalue weighted by molar-refractivity contribution is -0.137. The number of para-hydroxylation sites is 1. The summed E-state index contributed by atoms with van der Waals surface area (Å²) in [6, 6.07) is 8.86. The molecular formula is C33H37F6N9O2. The first kappa shape index (κ1) is 39.0. The molecule has 0 saturated heterocycles. The second-order valence-electron chi connectivity index (χ2n) is 11.0. The number of nitrogens with one attached hydrogen (secondary N) is 1. The number of fused-ring (bicyclic) bond motifs is 1. The van der Waals surface area contributed by atoms with Crippen LogP contribution >= 0.6 is 0 Å². The Balaban J connectivity index is 0.000000436. The van der Waals surface area contributed by atoms with E-state index < -0.39 is 31.3 Å². The van der Waals surface area contributed by atoms with Crippen LogP contribution in [-0.4, -0.2) is 82.8 Å². The van der Waals surface area contributed by atoms with Gasteiger partial charge in [0.25, 0.3) is 0 Å². The lowest BCUT2D eigenvalue weighted by Crippen LogP contribution is -2.41. The summed E-state index contributed by atoms with van der Waals surface area (Å²) >= 11 is 0. The number of hydrogen-bond donors (Lipinski definition) is 1. The average molecular weight is 706 g/mol. The molecule has 0 saturated carbocycles. The van der Waals surface area contributed by atoms with Crippen LogP contribution in [-0.2, 0) is 16.6 Å². The molecule has 0 atom stereocenters. The van der Waals surface area contributed by atoms with Gasteiger partial charge in [0.05, 0.1) is 46.9 Å². The third kappa shape index (κ3) is 11.0. The Labute approximate surface area is 284 Å². The number of aromatic nitrogens is 4. The van der Waals surface area contributed by atoms with Crippen LogP contribution in [0.4, 0.5) is 43.4 Å². The summed E-state index contributed by atoms with van der Waals surface area (Å²) in [6.45, 7) is 2.01. The van der Waals surface area contributed by atoms with E-state index in [2.05, 4.69) is 26.2 Å². The largest absolute Gasteiger partial charge is 0.405 e. The highest BCUT2D eigenvalue weighted by atomic mass is 19.4. The molecule has 1 aliphatic heterocycles. The third-order valence-corrected chi connectivity index (χ3v) is 7.18. The number of carbonyl (C=O) groups is 2. The van der Waals surface area contributed by atoms with Gasteiger partial charge in [-0.25, -0.2) is 0 Å². The number of hydrogen-bond acceptors (Lipinski definition) is 8. The first-order chi connectivity index (χ1) is 23.4. The lowest BCUT2D eigenvalue weighted by atomic mass is 10.1. The molecule has 11 nitrogen and oxygen atoms in total. The second kappa shape index (κ2) is 16.8. The monoisotopic (exact) mass is 705 g/mol. The smallest absolute Gasteiger partial charge is 0.345 e. The molecule has 5 rings (SSSR count). The maximum absolute atomic E-state index is 12.5. The highest BCUT2D eigenvalue weighted by Crippen LogP contribution is 2.36. The Morgan fingerprint density at radius 3 is 2.28 bits per heavy atom. The van der Waals surface area contributed by atoms with Gasteiger partial charge in [0, 0.05) is 63.5 Å². The summed E-state index contributed by atoms with van der Waals surface area (Å²) in [4.78, 5) is 35.7. The quantitative estimate of drug-likeness (QED) is 0.164. The summed E-state index contributed by atoms with van der Waals surface area (Å²) in [5, 5.41) is 12.9. The number of nitrogens with zero attached hydrogens (tertiary/aromatic N) is 8. The molecular weight excluding hydrogens is 668 g/mol. The minimum Gasteiger partial charge on any atom is -0.345 e. The summed E-state index contributed by atoms with van der Waals surface area (Å²) in [5.41, 5.74) is 6.13. The molecule has 0 fully saturated rings. The summed E-state index contributed by atoms with van der Waals surface area (Å²) in [6.07, 6.45) is 3.73. The number of pyridine rings is 2. The Kier molecular flexibility index (Phi) is 13.1. The number of rotatable bonds is 8. The van der Waals surface area contributed by atoms with E-state index in [0.29, 0.717) is 29.2 Å². The summed E-state index contributed by atoms with van der Waals surface area (Å²) < 4.78 is 70.2. The van der Waals surface area contributed by atoms with Gasteiger partial charge in [-0.2, -0.15) is 36.5 Å². The van der Waals surface area contributed by atoms with Gasteiger partial charge < -0.3 is 15.1 Å². The van der Waals surface area contributed by atoms with Crippen LogP contribution < -0.4 is 15.1 Å². The SMILES string of the molecule is C/C=C1\CC=NN1C.CC(F)(F)F.Cc1cccc(N(C=O)CC(=O)NCC(F)(F)F)c1N(C)c1ccc(-c2cncc3c2cnn3C)nc1. The van der Waals surface area contributed by atoms with Crippen molar-refractivity contribution in [3.8, 4) is 11.3 Å². The fourth-order valence-electron chi connectivity index (χ4n) is 4.80. The molecule has 17 heteroatoms. The molecule has 268 valence electrons. The molecule has 0 aliphatic carbocycles. The topological polar surface area (TPSA) is 112 Å². The first-order valence-electron chi connectivity index (χ1n) is 15.0. The summed E-state index contributed by atoms with van der Waals surface area (Å²) in [5.74, 6) is -0.927. The number of amides is 2. The van der Waals surface area contributed by atoms with Crippen molar-refractivity contribution in [3.05, 3.63) is 72.5 Å². The van der Waals surface area contributed by atoms with Gasteiger partial charge in [0.1, 0.15) is 13.1 Å². The highest BCUT2D eigenvalue weighted by Gasteiger charge is 2.28. The molecule has 2 amide bonds. The Hall–Kier alpha value is -5.48. The standard InChI is InChI=1S/C25H24F3N7O2.C6H10N2.C2H3F3/c1-16-5-4-6-21(35(15-36)13-23(37)31-14-25(26,27)28)24(16)33(2)17-7-8-20(30-9-17)18-10-29-12-22-19(18)11-32-34(22)3;1-3-6-4-5-7-8(6)2;1-2(3,4)5/h4-12,15H,13-14H2,1-3H3,(H,31,37);3,5H,4H2,1-2H3;1H3/b;6-3+;. The molecule has 50 heavy (non-hydrogen) atoms. The van der Waals surface area contributed by atoms with Crippen molar-refractivity contribution in [3.63, 3.8) is 0 Å². The third-order valence-electron chi connectivity index (χ3n) is 7.18. The van der Waals surface area contributed by atoms with Crippen molar-refractivity contribution >= 4 is 46.5 Å². The van der Waals surface area contributed by atoms with Gasteiger partial charge in [-0.1, -0.05) is 18.2 Å². The van der Waals surface area contributed by atoms with Crippen LogP contribution in [0.2, 0.25) is 0 Å². The van der Waals surface area contributed by atoms with E-state index in [1.807, 2.05) is 57.4 Å². The van der Waals surface area contributed by atoms with Crippen molar-refractivity contribution in [1.82, 2.24) is 30.1 Å². The number of halogens is 6. The Morgan fingerprint density at radius 1 is 1.04 bits per heavy atom. The van der Waals surface area contributed by atoms with Gasteiger partial charge >= 0.3 is 12.4 Å². The van der Waals surface area contributed by atoms with E-state index in [0.717, 1.165) is 33.4 Å². The second-order valence-corrected chi connectivity index (χ2v) is 11.0. The van der Waals surface area contributed by atoms with Crippen LogP contribution in [0.25, 0.3) is 22.2 Å². The molecule has 1 N–H and O–H groups in total. The van der Waals surface area contributed by atoms with Crippen molar-refractivity contribution < 1.29 is 35.9 Å². The molecule has 0 radical (unpaired) electrons. The van der Waals surface area contributed by atoms with Crippen molar-refractivity contribution in [2.24, 2.45) is 12.1 Å². The minimum atomic E-state index is -4.55. The number of alkyl halides is 6. The van der Waals surface area contributed by atoms with Crippen molar-refractivity contribution in [2.75, 3.05) is 37.0 Å². The molecule has 0 unspecified atom stereocenters. The van der Waals surface area contributed by atoms with E-state index in [1.54, 1.807) is 58.9 Å². The maximum atomic E-state index is 12.5. The normalized spacial score (nSPS) is 13.4. The molecule has 1 aromatic carbocycles. The fourth-order valence-corrected chi connectivity index (χ4v) is 4.80. The predicted octanol–water partition coefficient (Wildman–Crippen LogP) is 6.53. The molecule has 4 aromatic rings. The van der Waals surface area contributed by atoms with E-state index in [1.165, 1.54) is 5.70 Å². The van der Waals surface area contributed by atoms with Crippen LogP contribution in [0.15, 0.2) is 72.0 Å². The highest BCUT2D eigenvalue weighted by molar-refractivity contribution is 5.95. The van der Waals surface area contributed by atoms with Crippen molar-refractivity contribution in [1.29, 1.82) is 0 Å². The minimum absolute atomic E-state index is 0.188. The molecule has 3 aromatic heterocycles. The summed E-state index contributed by atoms with van der Waals surface area (Å²) in [7, 11) is 5.57. The zero-order valence-corrected chi connectivity index (χ0v) is 28.2. The average Bonchev–Trinajstić information content (AvgIpc) is 3.66. The van der Waals surface area contributed by atoms with E-state index in [4.69, 9.17) is 0 Å². The first-order valence-corrected chi connectivity index (χ1v) is 15.0. The zero-order chi connectivity index (χ0) is 37.2. The maximum Gasteiger partial charge on any atom is 0.405 e. The predicted molar refractivity (Wildman–Crippen MR) is 180 cm³/mol. The van der Waals surface area contributed by atoms with Gasteiger partial charge in [-0.3, -0.25) is 29.2 Å². The molecule has 1 aliphatic rings. The number of carbonyl (C=O) groups excluding carboxylic acids is 2. The van der Waals surface area contributed by atoms with Gasteiger partial charge in [-0.15, -0.1) is 0 Å². The number of aryl methyl sites for hydroxylation is 2. The van der Waals surface area contributed by atoms with Crippen LogP contribution in [0.5, 0.6) is 0 Å². The van der Waals surface area contributed by atoms with E-state index in [-0.39, 0.29) is 6.92 Å². The van der Waals surface area contributed by atoms with Gasteiger partial charge in [-0.05, 0) is 37.6 Å². The van der Waals surface area contributed by atoms with E-state index >= 15 is 0 Å².